The largest absolute Gasteiger partial charge is 0.444 e. The van der Waals surface area contributed by atoms with Crippen LogP contribution in [0.15, 0.2) is 39.9 Å². The summed E-state index contributed by atoms with van der Waals surface area (Å²) in [5, 5.41) is 11.1. The summed E-state index contributed by atoms with van der Waals surface area (Å²) in [7, 11) is 1.98. The molecule has 0 aliphatic rings. The fraction of sp³-hybridized carbons (Fsp3) is 0.409. The van der Waals surface area contributed by atoms with Crippen LogP contribution in [0, 0.1) is 20.8 Å². The number of aryl methyl sites for hydroxylation is 3. The number of nitrogens with zero attached hydrogens (tertiary/aromatic N) is 4. The third-order valence-electron chi connectivity index (χ3n) is 4.92. The highest BCUT2D eigenvalue weighted by atomic mass is 127. The predicted octanol–water partition coefficient (Wildman–Crippen LogP) is 3.92. The van der Waals surface area contributed by atoms with Gasteiger partial charge in [-0.3, -0.25) is 4.68 Å². The van der Waals surface area contributed by atoms with Crippen molar-refractivity contribution in [3.8, 4) is 11.5 Å². The molecule has 0 saturated carbocycles. The van der Waals surface area contributed by atoms with E-state index in [0.29, 0.717) is 12.4 Å². The number of aliphatic imine (C=N–C) groups is 1. The van der Waals surface area contributed by atoms with Gasteiger partial charge in [-0.05, 0) is 51.8 Å². The second-order valence-corrected chi connectivity index (χ2v) is 7.15. The van der Waals surface area contributed by atoms with Crippen molar-refractivity contribution in [1.82, 2.24) is 25.4 Å². The minimum atomic E-state index is 0. The average Bonchev–Trinajstić information content (AvgIpc) is 3.26. The standard InChI is InChI=1S/C22H30N6O.HI/c1-6-23-22(24-12-11-20-16(3)27-28(5)17(20)4)25-13-19-14-29-21(26-19)18-9-7-15(2)8-10-18;/h7-10,14H,6,11-13H2,1-5H3,(H2,23,24,25);1H. The molecule has 2 aromatic heterocycles. The van der Waals surface area contributed by atoms with Crippen LogP contribution in [0.1, 0.15) is 35.1 Å². The zero-order chi connectivity index (χ0) is 20.8. The molecule has 0 spiro atoms. The maximum absolute atomic E-state index is 5.62. The number of hydrogen-bond donors (Lipinski definition) is 2. The lowest BCUT2D eigenvalue weighted by Gasteiger charge is -2.11. The number of guanidine groups is 1. The first-order valence-corrected chi connectivity index (χ1v) is 10.0. The first kappa shape index (κ1) is 23.9. The van der Waals surface area contributed by atoms with Gasteiger partial charge in [0.1, 0.15) is 12.0 Å². The topological polar surface area (TPSA) is 80.3 Å². The molecule has 3 rings (SSSR count). The predicted molar refractivity (Wildman–Crippen MR) is 131 cm³/mol. The Morgan fingerprint density at radius 3 is 2.50 bits per heavy atom. The van der Waals surface area contributed by atoms with E-state index in [9.17, 15) is 0 Å². The molecule has 2 N–H and O–H groups in total. The molecule has 162 valence electrons. The molecule has 0 unspecified atom stereocenters. The Balaban J connectivity index is 0.00000320. The summed E-state index contributed by atoms with van der Waals surface area (Å²) in [5.74, 6) is 1.39. The first-order chi connectivity index (χ1) is 14.0. The zero-order valence-electron chi connectivity index (χ0n) is 18.3. The number of oxazole rings is 1. The number of nitrogens with one attached hydrogen (secondary N) is 2. The molecule has 7 nitrogen and oxygen atoms in total. The second-order valence-electron chi connectivity index (χ2n) is 7.15. The zero-order valence-corrected chi connectivity index (χ0v) is 20.7. The van der Waals surface area contributed by atoms with E-state index in [0.717, 1.165) is 42.4 Å². The molecule has 0 radical (unpaired) electrons. The van der Waals surface area contributed by atoms with Crippen LogP contribution >= 0.6 is 24.0 Å². The van der Waals surface area contributed by atoms with Crippen LogP contribution in [0.5, 0.6) is 0 Å². The second kappa shape index (κ2) is 11.1. The molecule has 0 aliphatic carbocycles. The van der Waals surface area contributed by atoms with Crippen LogP contribution in [-0.4, -0.2) is 33.8 Å². The molecule has 0 fully saturated rings. The van der Waals surface area contributed by atoms with Crippen molar-refractivity contribution in [2.75, 3.05) is 13.1 Å². The number of benzene rings is 1. The van der Waals surface area contributed by atoms with Crippen LogP contribution < -0.4 is 10.6 Å². The number of halogens is 1. The summed E-state index contributed by atoms with van der Waals surface area (Å²) in [4.78, 5) is 9.19. The molecule has 3 aromatic rings. The van der Waals surface area contributed by atoms with Crippen molar-refractivity contribution < 1.29 is 4.42 Å². The number of hydrogen-bond acceptors (Lipinski definition) is 4. The average molecular weight is 522 g/mol. The summed E-state index contributed by atoms with van der Waals surface area (Å²) in [6, 6.07) is 8.14. The molecule has 0 atom stereocenters. The van der Waals surface area contributed by atoms with Gasteiger partial charge < -0.3 is 15.1 Å². The summed E-state index contributed by atoms with van der Waals surface area (Å²) < 4.78 is 7.55. The van der Waals surface area contributed by atoms with Gasteiger partial charge in [0.05, 0.1) is 12.2 Å². The van der Waals surface area contributed by atoms with Crippen LogP contribution in [0.25, 0.3) is 11.5 Å². The van der Waals surface area contributed by atoms with Gasteiger partial charge in [0.2, 0.25) is 5.89 Å². The summed E-state index contributed by atoms with van der Waals surface area (Å²) >= 11 is 0. The van der Waals surface area contributed by atoms with Crippen LogP contribution in [-0.2, 0) is 20.0 Å². The van der Waals surface area contributed by atoms with Crippen LogP contribution in [0.3, 0.4) is 0 Å². The van der Waals surface area contributed by atoms with Gasteiger partial charge in [-0.1, -0.05) is 17.7 Å². The Hall–Kier alpha value is -2.36. The minimum Gasteiger partial charge on any atom is -0.444 e. The van der Waals surface area contributed by atoms with E-state index < -0.39 is 0 Å². The third kappa shape index (κ3) is 6.07. The molecular formula is C22H31IN6O. The lowest BCUT2D eigenvalue weighted by Crippen LogP contribution is -2.38. The molecule has 0 aliphatic heterocycles. The van der Waals surface area contributed by atoms with Gasteiger partial charge in [0.15, 0.2) is 5.96 Å². The van der Waals surface area contributed by atoms with Crippen LogP contribution in [0.2, 0.25) is 0 Å². The van der Waals surface area contributed by atoms with E-state index in [2.05, 4.69) is 65.5 Å². The van der Waals surface area contributed by atoms with Gasteiger partial charge >= 0.3 is 0 Å². The maximum Gasteiger partial charge on any atom is 0.226 e. The van der Waals surface area contributed by atoms with E-state index in [1.165, 1.54) is 16.8 Å². The number of aromatic nitrogens is 3. The SMILES string of the molecule is CCNC(=NCc1coc(-c2ccc(C)cc2)n1)NCCc1c(C)nn(C)c1C.I. The Labute approximate surface area is 195 Å². The van der Waals surface area contributed by atoms with E-state index in [1.807, 2.05) is 23.9 Å². The first-order valence-electron chi connectivity index (χ1n) is 10.0. The van der Waals surface area contributed by atoms with Crippen molar-refractivity contribution in [1.29, 1.82) is 0 Å². The number of rotatable bonds is 7. The van der Waals surface area contributed by atoms with E-state index >= 15 is 0 Å². The lowest BCUT2D eigenvalue weighted by atomic mass is 10.1. The van der Waals surface area contributed by atoms with Crippen molar-refractivity contribution in [2.24, 2.45) is 12.0 Å². The van der Waals surface area contributed by atoms with Crippen molar-refractivity contribution >= 4 is 29.9 Å². The van der Waals surface area contributed by atoms with Crippen molar-refractivity contribution in [3.05, 3.63) is 58.7 Å². The fourth-order valence-corrected chi connectivity index (χ4v) is 3.20. The highest BCUT2D eigenvalue weighted by molar-refractivity contribution is 14.0. The Kier molecular flexibility index (Phi) is 8.88. The van der Waals surface area contributed by atoms with E-state index in [1.54, 1.807) is 6.26 Å². The normalized spacial score (nSPS) is 11.3. The van der Waals surface area contributed by atoms with E-state index in [4.69, 9.17) is 4.42 Å². The van der Waals surface area contributed by atoms with Crippen LogP contribution in [0.4, 0.5) is 0 Å². The maximum atomic E-state index is 5.62. The van der Waals surface area contributed by atoms with Gasteiger partial charge in [-0.2, -0.15) is 5.10 Å². The molecule has 0 bridgehead atoms. The molecular weight excluding hydrogens is 491 g/mol. The van der Waals surface area contributed by atoms with Crippen molar-refractivity contribution in [2.45, 2.75) is 40.7 Å². The summed E-state index contributed by atoms with van der Waals surface area (Å²) in [5.41, 5.74) is 6.56. The highest BCUT2D eigenvalue weighted by Gasteiger charge is 2.10. The van der Waals surface area contributed by atoms with E-state index in [-0.39, 0.29) is 24.0 Å². The van der Waals surface area contributed by atoms with Gasteiger partial charge in [0.25, 0.3) is 0 Å². The smallest absolute Gasteiger partial charge is 0.226 e. The van der Waals surface area contributed by atoms with Crippen molar-refractivity contribution in [3.63, 3.8) is 0 Å². The van der Waals surface area contributed by atoms with Gasteiger partial charge in [-0.15, -0.1) is 24.0 Å². The molecule has 0 saturated heterocycles. The van der Waals surface area contributed by atoms with Gasteiger partial charge in [-0.25, -0.2) is 9.98 Å². The highest BCUT2D eigenvalue weighted by Crippen LogP contribution is 2.19. The Morgan fingerprint density at radius 2 is 1.87 bits per heavy atom. The quantitative estimate of drug-likeness (QED) is 0.280. The summed E-state index contributed by atoms with van der Waals surface area (Å²) in [6.07, 6.45) is 2.57. The molecule has 30 heavy (non-hydrogen) atoms. The molecule has 0 amide bonds. The Bertz CT molecular complexity index is 974. The molecule has 1 aromatic carbocycles. The fourth-order valence-electron chi connectivity index (χ4n) is 3.20. The third-order valence-corrected chi connectivity index (χ3v) is 4.92. The lowest BCUT2D eigenvalue weighted by molar-refractivity contribution is 0.572. The Morgan fingerprint density at radius 1 is 1.13 bits per heavy atom. The minimum absolute atomic E-state index is 0. The monoisotopic (exact) mass is 522 g/mol. The van der Waals surface area contributed by atoms with Gasteiger partial charge in [0, 0.05) is 31.4 Å². The summed E-state index contributed by atoms with van der Waals surface area (Å²) in [6.45, 7) is 10.3. The molecule has 2 heterocycles. The molecule has 8 heteroatoms.